The van der Waals surface area contributed by atoms with Crippen LogP contribution in [-0.4, -0.2) is 72.3 Å². The van der Waals surface area contributed by atoms with Crippen LogP contribution in [0.3, 0.4) is 0 Å². The van der Waals surface area contributed by atoms with E-state index in [9.17, 15) is 24.3 Å². The number of halogens is 2. The molecule has 9 atom stereocenters. The van der Waals surface area contributed by atoms with Gasteiger partial charge in [-0.2, -0.15) is 0 Å². The summed E-state index contributed by atoms with van der Waals surface area (Å²) in [6.07, 6.45) is 0.456. The quantitative estimate of drug-likeness (QED) is 0.243. The summed E-state index contributed by atoms with van der Waals surface area (Å²) in [5.74, 6) is -3.75. The molecular weight excluding hydrogens is 566 g/mol. The first kappa shape index (κ1) is 33.1. The van der Waals surface area contributed by atoms with E-state index in [-0.39, 0.29) is 38.0 Å². The van der Waals surface area contributed by atoms with Crippen molar-refractivity contribution in [2.24, 2.45) is 28.6 Å². The van der Waals surface area contributed by atoms with Crippen molar-refractivity contribution in [3.8, 4) is 0 Å². The molecule has 0 bridgehead atoms. The van der Waals surface area contributed by atoms with Crippen LogP contribution in [-0.2, 0) is 28.5 Å². The molecule has 0 radical (unpaired) electrons. The lowest BCUT2D eigenvalue weighted by atomic mass is 9.44. The van der Waals surface area contributed by atoms with Gasteiger partial charge in [0.15, 0.2) is 23.7 Å². The van der Waals surface area contributed by atoms with E-state index in [1.807, 2.05) is 6.92 Å². The van der Waals surface area contributed by atoms with Crippen molar-refractivity contribution < 1.29 is 52.0 Å². The van der Waals surface area contributed by atoms with Gasteiger partial charge in [-0.25, -0.2) is 18.4 Å². The highest BCUT2D eigenvalue weighted by Crippen LogP contribution is 2.71. The second-order valence-corrected chi connectivity index (χ2v) is 12.9. The van der Waals surface area contributed by atoms with Crippen molar-refractivity contribution in [3.05, 3.63) is 23.8 Å². The number of ketones is 2. The Hall–Kier alpha value is -2.82. The highest BCUT2D eigenvalue weighted by atomic mass is 19.1. The lowest BCUT2D eigenvalue weighted by Crippen LogP contribution is -2.71. The van der Waals surface area contributed by atoms with Crippen LogP contribution in [0.15, 0.2) is 23.8 Å². The fourth-order valence-corrected chi connectivity index (χ4v) is 8.52. The summed E-state index contributed by atoms with van der Waals surface area (Å²) in [7, 11) is 0. The molecular formula is C32H44F2O9. The molecule has 43 heavy (non-hydrogen) atoms. The number of ether oxygens (including phenoxy) is 4. The highest BCUT2D eigenvalue weighted by molar-refractivity contribution is 6.01. The zero-order valence-electron chi connectivity index (χ0n) is 25.7. The van der Waals surface area contributed by atoms with E-state index >= 15 is 8.78 Å². The third-order valence-corrected chi connectivity index (χ3v) is 10.5. The predicted molar refractivity (Wildman–Crippen MR) is 150 cm³/mol. The normalized spacial score (nSPS) is 39.6. The smallest absolute Gasteiger partial charge is 0.434 e. The van der Waals surface area contributed by atoms with Crippen LogP contribution in [0.1, 0.15) is 79.6 Å². The van der Waals surface area contributed by atoms with Gasteiger partial charge in [0.25, 0.3) is 0 Å². The Balaban J connectivity index is 1.73. The number of Topliss-reactive ketones (excluding diaryl/α,β-unsaturated/α-hetero) is 1. The molecule has 240 valence electrons. The zero-order valence-corrected chi connectivity index (χ0v) is 25.7. The predicted octanol–water partition coefficient (Wildman–Crippen LogP) is 5.77. The number of carbonyl (C=O) groups is 4. The summed E-state index contributed by atoms with van der Waals surface area (Å²) in [4.78, 5) is 51.4. The Bertz CT molecular complexity index is 1190. The van der Waals surface area contributed by atoms with Crippen LogP contribution in [0.2, 0.25) is 0 Å². The molecule has 3 saturated carbocycles. The van der Waals surface area contributed by atoms with Crippen molar-refractivity contribution in [3.63, 3.8) is 0 Å². The van der Waals surface area contributed by atoms with E-state index < -0.39 is 82.6 Å². The summed E-state index contributed by atoms with van der Waals surface area (Å²) in [5.41, 5.74) is -7.35. The molecule has 0 aliphatic heterocycles. The van der Waals surface area contributed by atoms with E-state index in [1.165, 1.54) is 19.1 Å². The molecule has 0 spiro atoms. The fourth-order valence-electron chi connectivity index (χ4n) is 8.52. The lowest BCUT2D eigenvalue weighted by molar-refractivity contribution is -0.226. The van der Waals surface area contributed by atoms with Crippen LogP contribution in [0, 0.1) is 28.6 Å². The van der Waals surface area contributed by atoms with Crippen LogP contribution < -0.4 is 0 Å². The molecule has 9 nitrogen and oxygen atoms in total. The van der Waals surface area contributed by atoms with Gasteiger partial charge in [-0.15, -0.1) is 0 Å². The van der Waals surface area contributed by atoms with E-state index in [0.717, 1.165) is 18.9 Å². The van der Waals surface area contributed by atoms with E-state index in [2.05, 4.69) is 0 Å². The van der Waals surface area contributed by atoms with Crippen LogP contribution >= 0.6 is 0 Å². The average molecular weight is 611 g/mol. The third kappa shape index (κ3) is 5.19. The minimum Gasteiger partial charge on any atom is -0.434 e. The van der Waals surface area contributed by atoms with Crippen molar-refractivity contribution in [2.45, 2.75) is 103 Å². The topological polar surface area (TPSA) is 125 Å². The number of rotatable bonds is 10. The maximum atomic E-state index is 17.6. The molecule has 3 fully saturated rings. The highest BCUT2D eigenvalue weighted by Gasteiger charge is 2.78. The van der Waals surface area contributed by atoms with E-state index in [0.29, 0.717) is 12.8 Å². The van der Waals surface area contributed by atoms with Gasteiger partial charge < -0.3 is 24.1 Å². The Morgan fingerprint density at radius 2 is 1.70 bits per heavy atom. The minimum absolute atomic E-state index is 0.0133. The number of aliphatic hydroxyl groups is 1. The van der Waals surface area contributed by atoms with Gasteiger partial charge in [-0.1, -0.05) is 46.6 Å². The Morgan fingerprint density at radius 3 is 2.37 bits per heavy atom. The molecule has 4 aliphatic carbocycles. The molecule has 0 amide bonds. The second kappa shape index (κ2) is 12.3. The molecule has 0 aromatic carbocycles. The maximum Gasteiger partial charge on any atom is 0.509 e. The number of carbonyl (C=O) groups excluding carboxylic acids is 4. The first-order valence-corrected chi connectivity index (χ1v) is 15.4. The number of unbranched alkanes of at least 4 members (excludes halogenated alkanes) is 2. The number of fused-ring (bicyclic) bond motifs is 5. The third-order valence-electron chi connectivity index (χ3n) is 10.5. The number of alkyl halides is 2. The van der Waals surface area contributed by atoms with E-state index in [4.69, 9.17) is 18.9 Å². The van der Waals surface area contributed by atoms with Crippen molar-refractivity contribution >= 4 is 23.9 Å². The summed E-state index contributed by atoms with van der Waals surface area (Å²) in [6, 6.07) is 0. The standard InChI is InChI=1S/C32H44F2O9/c1-6-8-9-13-41-28(39)43-32(26(37)18-42-27(38)40-12-7-2)19(3)14-21-22-16-24(33)23-15-20(35)10-11-29(23,4)31(22,34)25(36)17-30(21,32)5/h10-11,15,19,21-22,24-25,36H,6-9,12-14,16-18H2,1-5H3/t19-,21+,22+,24+,25+,29+,30+,31+,32+/m1/s1. The molecule has 0 aromatic rings. The average Bonchev–Trinajstić information content (AvgIpc) is 3.17. The molecule has 4 aliphatic rings. The van der Waals surface area contributed by atoms with Crippen molar-refractivity contribution in [1.82, 2.24) is 0 Å². The summed E-state index contributed by atoms with van der Waals surface area (Å²) >= 11 is 0. The molecule has 4 rings (SSSR count). The van der Waals surface area contributed by atoms with Crippen molar-refractivity contribution in [2.75, 3.05) is 19.8 Å². The molecule has 0 saturated heterocycles. The first-order chi connectivity index (χ1) is 20.2. The Labute approximate surface area is 251 Å². The largest absolute Gasteiger partial charge is 0.509 e. The van der Waals surface area contributed by atoms with Gasteiger partial charge in [-0.3, -0.25) is 9.59 Å². The minimum atomic E-state index is -2.37. The summed E-state index contributed by atoms with van der Waals surface area (Å²) in [5, 5.41) is 11.7. The monoisotopic (exact) mass is 610 g/mol. The number of allylic oxidation sites excluding steroid dienone is 4. The van der Waals surface area contributed by atoms with Gasteiger partial charge in [0, 0.05) is 22.7 Å². The van der Waals surface area contributed by atoms with Crippen LogP contribution in [0.5, 0.6) is 0 Å². The van der Waals surface area contributed by atoms with E-state index in [1.54, 1.807) is 20.8 Å². The Morgan fingerprint density at radius 1 is 1.00 bits per heavy atom. The van der Waals surface area contributed by atoms with Gasteiger partial charge in [0.1, 0.15) is 6.17 Å². The fraction of sp³-hybridized carbons (Fsp3) is 0.750. The SMILES string of the molecule is CCCCCOC(=O)O[C@]1(C(=O)COC(=O)OCCC)[C@H](C)C[C@H]2[C@@H]3C[C@H](F)C4=CC(=O)C=C[C@]4(C)[C@@]3(F)[C@@H](O)C[C@@]21C. The zero-order chi connectivity index (χ0) is 31.8. The molecule has 0 heterocycles. The van der Waals surface area contributed by atoms with Gasteiger partial charge >= 0.3 is 12.3 Å². The first-order valence-electron chi connectivity index (χ1n) is 15.4. The lowest BCUT2D eigenvalue weighted by Gasteiger charge is -2.63. The molecule has 0 aromatic heterocycles. The molecule has 1 N–H and O–H groups in total. The summed E-state index contributed by atoms with van der Waals surface area (Å²) < 4.78 is 54.6. The molecule has 11 heteroatoms. The maximum absolute atomic E-state index is 17.6. The number of hydrogen-bond acceptors (Lipinski definition) is 9. The van der Waals surface area contributed by atoms with Gasteiger partial charge in [0.2, 0.25) is 5.78 Å². The number of aliphatic hydroxyl groups excluding tert-OH is 1. The Kier molecular flexibility index (Phi) is 9.45. The second-order valence-electron chi connectivity index (χ2n) is 12.9. The summed E-state index contributed by atoms with van der Waals surface area (Å²) in [6.45, 7) is 7.95. The van der Waals surface area contributed by atoms with Crippen molar-refractivity contribution in [1.29, 1.82) is 0 Å². The molecule has 0 unspecified atom stereocenters. The van der Waals surface area contributed by atoms with Crippen LogP contribution in [0.4, 0.5) is 18.4 Å². The van der Waals surface area contributed by atoms with Crippen LogP contribution in [0.25, 0.3) is 0 Å². The van der Waals surface area contributed by atoms with Gasteiger partial charge in [0.05, 0.1) is 19.3 Å². The van der Waals surface area contributed by atoms with Gasteiger partial charge in [-0.05, 0) is 62.7 Å². The number of hydrogen-bond donors (Lipinski definition) is 1.